The van der Waals surface area contributed by atoms with Crippen molar-refractivity contribution in [2.24, 2.45) is 11.8 Å². The van der Waals surface area contributed by atoms with Crippen molar-refractivity contribution >= 4 is 11.9 Å². The van der Waals surface area contributed by atoms with Crippen LogP contribution in [0.1, 0.15) is 51.4 Å². The van der Waals surface area contributed by atoms with Crippen molar-refractivity contribution in [2.45, 2.75) is 75.8 Å². The number of hydrogen-bond donors (Lipinski definition) is 2. The molecular weight excluding hydrogens is 336 g/mol. The Kier molecular flexibility index (Phi) is 7.85. The van der Waals surface area contributed by atoms with Gasteiger partial charge in [0.15, 0.2) is 0 Å². The van der Waals surface area contributed by atoms with E-state index in [4.69, 9.17) is 9.47 Å². The molecule has 2 N–H and O–H groups in total. The van der Waals surface area contributed by atoms with Crippen LogP contribution in [0.2, 0.25) is 0 Å². The molecule has 0 radical (unpaired) electrons. The van der Waals surface area contributed by atoms with Crippen molar-refractivity contribution in [1.82, 2.24) is 0 Å². The summed E-state index contributed by atoms with van der Waals surface area (Å²) in [7, 11) is 0. The van der Waals surface area contributed by atoms with E-state index in [2.05, 4.69) is 13.2 Å². The highest BCUT2D eigenvalue weighted by Crippen LogP contribution is 2.29. The second kappa shape index (κ2) is 9.88. The van der Waals surface area contributed by atoms with Crippen LogP contribution >= 0.6 is 0 Å². The molecule has 26 heavy (non-hydrogen) atoms. The summed E-state index contributed by atoms with van der Waals surface area (Å²) in [5.41, 5.74) is 0. The monoisotopic (exact) mass is 366 g/mol. The summed E-state index contributed by atoms with van der Waals surface area (Å²) in [5, 5.41) is 19.9. The number of ether oxygens (including phenoxy) is 2. The Balaban J connectivity index is 1.73. The fourth-order valence-corrected chi connectivity index (χ4v) is 3.63. The van der Waals surface area contributed by atoms with Crippen LogP contribution in [-0.2, 0) is 19.1 Å². The van der Waals surface area contributed by atoms with E-state index >= 15 is 0 Å². The number of allylic oxidation sites excluding steroid dienone is 2. The van der Waals surface area contributed by atoms with Gasteiger partial charge >= 0.3 is 11.9 Å². The lowest BCUT2D eigenvalue weighted by Crippen LogP contribution is -2.38. The molecule has 0 bridgehead atoms. The topological polar surface area (TPSA) is 93.1 Å². The molecule has 6 unspecified atom stereocenters. The molecule has 2 rings (SSSR count). The minimum absolute atomic E-state index is 0.103. The largest absolute Gasteiger partial charge is 0.460 e. The van der Waals surface area contributed by atoms with E-state index in [0.717, 1.165) is 12.8 Å². The van der Waals surface area contributed by atoms with E-state index in [0.29, 0.717) is 25.7 Å². The molecular formula is C20H30O6. The molecule has 0 aliphatic heterocycles. The van der Waals surface area contributed by atoms with Crippen LogP contribution in [0.15, 0.2) is 25.3 Å². The highest BCUT2D eigenvalue weighted by Gasteiger charge is 2.32. The van der Waals surface area contributed by atoms with Crippen molar-refractivity contribution < 1.29 is 29.3 Å². The summed E-state index contributed by atoms with van der Waals surface area (Å²) in [4.78, 5) is 24.0. The lowest BCUT2D eigenvalue weighted by molar-refractivity contribution is -0.165. The number of aliphatic hydroxyl groups is 2. The molecule has 2 aliphatic rings. The van der Waals surface area contributed by atoms with Gasteiger partial charge in [-0.3, -0.25) is 9.59 Å². The number of aliphatic hydroxyl groups excluding tert-OH is 2. The van der Waals surface area contributed by atoms with Crippen LogP contribution in [-0.4, -0.2) is 46.6 Å². The Labute approximate surface area is 154 Å². The highest BCUT2D eigenvalue weighted by molar-refractivity contribution is 5.77. The van der Waals surface area contributed by atoms with Crippen LogP contribution in [0.25, 0.3) is 0 Å². The summed E-state index contributed by atoms with van der Waals surface area (Å²) >= 11 is 0. The Bertz CT molecular complexity index is 470. The normalized spacial score (nSPS) is 34.5. The number of carbonyl (C=O) groups is 2. The zero-order valence-corrected chi connectivity index (χ0v) is 15.2. The highest BCUT2D eigenvalue weighted by atomic mass is 16.6. The Morgan fingerprint density at radius 2 is 1.19 bits per heavy atom. The summed E-state index contributed by atoms with van der Waals surface area (Å²) < 4.78 is 10.6. The predicted molar refractivity (Wildman–Crippen MR) is 96.1 cm³/mol. The standard InChI is InChI=1S/C20H30O6/c1-3-13-5-7-15(21)17(11-13)25-19(23)9-10-20(24)26-18-12-14(4-2)6-8-16(18)22/h3-4,13-18,21-22H,1-2,5-12H2. The van der Waals surface area contributed by atoms with Gasteiger partial charge in [0.2, 0.25) is 0 Å². The molecule has 2 saturated carbocycles. The Morgan fingerprint density at radius 1 is 0.808 bits per heavy atom. The molecule has 0 aromatic heterocycles. The van der Waals surface area contributed by atoms with Gasteiger partial charge < -0.3 is 19.7 Å². The SMILES string of the molecule is C=CC1CCC(O)C(OC(=O)CCC(=O)OC2CC(C=C)CCC2O)C1. The van der Waals surface area contributed by atoms with Gasteiger partial charge in [0.05, 0.1) is 25.0 Å². The Morgan fingerprint density at radius 3 is 1.54 bits per heavy atom. The van der Waals surface area contributed by atoms with E-state index in [1.165, 1.54) is 0 Å². The molecule has 0 saturated heterocycles. The van der Waals surface area contributed by atoms with Crippen molar-refractivity contribution in [3.8, 4) is 0 Å². The minimum Gasteiger partial charge on any atom is -0.460 e. The van der Waals surface area contributed by atoms with Crippen molar-refractivity contribution in [3.63, 3.8) is 0 Å². The fourth-order valence-electron chi connectivity index (χ4n) is 3.63. The lowest BCUT2D eigenvalue weighted by atomic mass is 9.85. The van der Waals surface area contributed by atoms with Crippen LogP contribution in [0.4, 0.5) is 0 Å². The Hall–Kier alpha value is -1.66. The van der Waals surface area contributed by atoms with Gasteiger partial charge in [-0.15, -0.1) is 13.2 Å². The third-order valence-corrected chi connectivity index (χ3v) is 5.36. The smallest absolute Gasteiger partial charge is 0.306 e. The average molecular weight is 366 g/mol. The van der Waals surface area contributed by atoms with E-state index < -0.39 is 36.4 Å². The van der Waals surface area contributed by atoms with Crippen molar-refractivity contribution in [3.05, 3.63) is 25.3 Å². The zero-order chi connectivity index (χ0) is 19.1. The first-order chi connectivity index (χ1) is 12.4. The predicted octanol–water partition coefficient (Wildman–Crippen LogP) is 2.28. The minimum atomic E-state index is -0.671. The van der Waals surface area contributed by atoms with Crippen molar-refractivity contribution in [2.75, 3.05) is 0 Å². The summed E-state index contributed by atoms with van der Waals surface area (Å²) in [6, 6.07) is 0. The summed E-state index contributed by atoms with van der Waals surface area (Å²) in [6.07, 6.45) is 4.89. The lowest BCUT2D eigenvalue weighted by Gasteiger charge is -2.32. The third-order valence-electron chi connectivity index (χ3n) is 5.36. The summed E-state index contributed by atoms with van der Waals surface area (Å²) in [5.74, 6) is -0.591. The van der Waals surface area contributed by atoms with Crippen molar-refractivity contribution in [1.29, 1.82) is 0 Å². The van der Waals surface area contributed by atoms with Gasteiger partial charge in [-0.05, 0) is 50.4 Å². The van der Waals surface area contributed by atoms with Gasteiger partial charge in [0.1, 0.15) is 12.2 Å². The molecule has 0 aromatic rings. The maximum Gasteiger partial charge on any atom is 0.306 e. The number of rotatable bonds is 7. The molecule has 6 heteroatoms. The average Bonchev–Trinajstić information content (AvgIpc) is 2.63. The molecule has 0 amide bonds. The molecule has 6 atom stereocenters. The number of carbonyl (C=O) groups excluding carboxylic acids is 2. The molecule has 0 spiro atoms. The molecule has 6 nitrogen and oxygen atoms in total. The molecule has 0 heterocycles. The van der Waals surface area contributed by atoms with Crippen LogP contribution in [0, 0.1) is 11.8 Å². The quantitative estimate of drug-likeness (QED) is 0.530. The second-order valence-corrected chi connectivity index (χ2v) is 7.31. The second-order valence-electron chi connectivity index (χ2n) is 7.31. The van der Waals surface area contributed by atoms with Gasteiger partial charge in [-0.25, -0.2) is 0 Å². The first kappa shape index (κ1) is 20.6. The maximum atomic E-state index is 12.0. The molecule has 2 aliphatic carbocycles. The first-order valence-electron chi connectivity index (χ1n) is 9.43. The van der Waals surface area contributed by atoms with Gasteiger partial charge in [0.25, 0.3) is 0 Å². The van der Waals surface area contributed by atoms with E-state index in [9.17, 15) is 19.8 Å². The zero-order valence-electron chi connectivity index (χ0n) is 15.2. The fraction of sp³-hybridized carbons (Fsp3) is 0.700. The van der Waals surface area contributed by atoms with E-state index in [1.54, 1.807) is 0 Å². The van der Waals surface area contributed by atoms with Crippen LogP contribution in [0.5, 0.6) is 0 Å². The summed E-state index contributed by atoms with van der Waals surface area (Å²) in [6.45, 7) is 7.49. The van der Waals surface area contributed by atoms with Gasteiger partial charge in [0, 0.05) is 0 Å². The number of esters is 2. The van der Waals surface area contributed by atoms with Gasteiger partial charge in [-0.1, -0.05) is 12.2 Å². The molecule has 2 fully saturated rings. The first-order valence-corrected chi connectivity index (χ1v) is 9.43. The molecule has 0 aromatic carbocycles. The van der Waals surface area contributed by atoms with Gasteiger partial charge in [-0.2, -0.15) is 0 Å². The maximum absolute atomic E-state index is 12.0. The van der Waals surface area contributed by atoms with Crippen LogP contribution < -0.4 is 0 Å². The molecule has 146 valence electrons. The van der Waals surface area contributed by atoms with E-state index in [1.807, 2.05) is 12.2 Å². The third kappa shape index (κ3) is 5.95. The van der Waals surface area contributed by atoms with Crippen LogP contribution in [0.3, 0.4) is 0 Å². The van der Waals surface area contributed by atoms with E-state index in [-0.39, 0.29) is 24.7 Å². The number of hydrogen-bond acceptors (Lipinski definition) is 6.